The molecule has 0 aliphatic heterocycles. The van der Waals surface area contributed by atoms with Crippen LogP contribution < -0.4 is 4.90 Å². The second-order valence-corrected chi connectivity index (χ2v) is 23.5. The number of fused-ring (bicyclic) bond motifs is 15. The zero-order valence-electron chi connectivity index (χ0n) is 42.3. The van der Waals surface area contributed by atoms with Gasteiger partial charge in [0.2, 0.25) is 0 Å². The molecule has 0 unspecified atom stereocenters. The average molecular weight is 920 g/mol. The molecule has 4 heteroatoms. The monoisotopic (exact) mass is 919 g/mol. The Bertz CT molecular complexity index is 4500. The molecule has 5 aromatic heterocycles. The van der Waals surface area contributed by atoms with Gasteiger partial charge in [0.25, 0.3) is 0 Å². The summed E-state index contributed by atoms with van der Waals surface area (Å²) in [6, 6.07) is 61.7. The van der Waals surface area contributed by atoms with Gasteiger partial charge >= 0.3 is 0 Å². The third kappa shape index (κ3) is 5.91. The molecule has 0 radical (unpaired) electrons. The third-order valence-corrected chi connectivity index (χ3v) is 15.9. The van der Waals surface area contributed by atoms with Crippen molar-refractivity contribution in [3.63, 3.8) is 0 Å². The van der Waals surface area contributed by atoms with Crippen molar-refractivity contribution >= 4 is 115 Å². The molecule has 14 aromatic rings. The lowest BCUT2D eigenvalue weighted by Gasteiger charge is -2.27. The van der Waals surface area contributed by atoms with Gasteiger partial charge < -0.3 is 18.1 Å². The molecule has 0 saturated carbocycles. The highest BCUT2D eigenvalue weighted by Gasteiger charge is 2.29. The number of hydrogen-bond donors (Lipinski definition) is 0. The van der Waals surface area contributed by atoms with Gasteiger partial charge in [0.1, 0.15) is 5.58 Å². The minimum Gasteiger partial charge on any atom is -0.453 e. The van der Waals surface area contributed by atoms with E-state index in [1.54, 1.807) is 0 Å². The Balaban J connectivity index is 1.08. The summed E-state index contributed by atoms with van der Waals surface area (Å²) in [5, 5.41) is 12.6. The number of rotatable bonds is 4. The van der Waals surface area contributed by atoms with Crippen LogP contribution in [0, 0.1) is 6.92 Å². The predicted molar refractivity (Wildman–Crippen MR) is 304 cm³/mol. The zero-order chi connectivity index (χ0) is 48.6. The Hall–Kier alpha value is -7.82. The van der Waals surface area contributed by atoms with Gasteiger partial charge in [0, 0.05) is 70.8 Å². The summed E-state index contributed by atoms with van der Waals surface area (Å²) in [4.78, 5) is 2.42. The minimum atomic E-state index is -0.0566. The number of nitrogens with zero attached hydrogens (tertiary/aromatic N) is 3. The van der Waals surface area contributed by atoms with E-state index in [9.17, 15) is 0 Å². The van der Waals surface area contributed by atoms with E-state index < -0.39 is 0 Å². The van der Waals surface area contributed by atoms with Crippen molar-refractivity contribution in [1.82, 2.24) is 8.80 Å². The van der Waals surface area contributed by atoms with Crippen molar-refractivity contribution < 1.29 is 4.42 Å². The summed E-state index contributed by atoms with van der Waals surface area (Å²) in [5.74, 6) is 0. The topological polar surface area (TPSA) is 25.2 Å². The molecule has 0 atom stereocenters. The fourth-order valence-electron chi connectivity index (χ4n) is 12.1. The molecular formula is C67H57N3O. The smallest absolute Gasteiger partial charge is 0.159 e. The van der Waals surface area contributed by atoms with E-state index in [4.69, 9.17) is 4.42 Å². The van der Waals surface area contributed by atoms with Crippen LogP contribution in [-0.2, 0) is 16.2 Å². The van der Waals surface area contributed by atoms with E-state index in [2.05, 4.69) is 247 Å². The first-order chi connectivity index (χ1) is 34.0. The van der Waals surface area contributed by atoms with Crippen LogP contribution in [-0.4, -0.2) is 8.80 Å². The van der Waals surface area contributed by atoms with Gasteiger partial charge in [-0.3, -0.25) is 0 Å². The van der Waals surface area contributed by atoms with Crippen LogP contribution in [0.4, 0.5) is 17.1 Å². The molecule has 5 heterocycles. The molecule has 0 fully saturated rings. The molecule has 14 rings (SSSR count). The second-order valence-electron chi connectivity index (χ2n) is 23.5. The molecule has 4 nitrogen and oxygen atoms in total. The molecule has 9 aromatic carbocycles. The van der Waals surface area contributed by atoms with Gasteiger partial charge in [-0.05, 0) is 124 Å². The lowest BCUT2D eigenvalue weighted by Crippen LogP contribution is -2.11. The highest BCUT2D eigenvalue weighted by Crippen LogP contribution is 2.50. The predicted octanol–water partition coefficient (Wildman–Crippen LogP) is 19.2. The van der Waals surface area contributed by atoms with Gasteiger partial charge in [-0.1, -0.05) is 153 Å². The number of anilines is 3. The molecule has 346 valence electrons. The number of aryl methyl sites for hydroxylation is 1. The first-order valence-electron chi connectivity index (χ1n) is 25.3. The zero-order valence-corrected chi connectivity index (χ0v) is 42.3. The van der Waals surface area contributed by atoms with E-state index >= 15 is 0 Å². The van der Waals surface area contributed by atoms with Crippen molar-refractivity contribution in [1.29, 1.82) is 0 Å². The summed E-state index contributed by atoms with van der Waals surface area (Å²) in [5.41, 5.74) is 19.9. The van der Waals surface area contributed by atoms with Gasteiger partial charge in [-0.15, -0.1) is 0 Å². The summed E-state index contributed by atoms with van der Waals surface area (Å²) in [6.07, 6.45) is 0. The maximum Gasteiger partial charge on any atom is 0.159 e. The van der Waals surface area contributed by atoms with Crippen molar-refractivity contribution in [3.8, 4) is 11.1 Å². The number of para-hydroxylation sites is 2. The van der Waals surface area contributed by atoms with Gasteiger partial charge in [0.05, 0.1) is 38.8 Å². The summed E-state index contributed by atoms with van der Waals surface area (Å²) in [6.45, 7) is 23.2. The molecular weight excluding hydrogens is 863 g/mol. The van der Waals surface area contributed by atoms with Crippen LogP contribution in [0.15, 0.2) is 168 Å². The van der Waals surface area contributed by atoms with Gasteiger partial charge in [-0.25, -0.2) is 0 Å². The maximum atomic E-state index is 7.17. The highest BCUT2D eigenvalue weighted by molar-refractivity contribution is 6.29. The second kappa shape index (κ2) is 14.2. The first kappa shape index (κ1) is 42.1. The Kier molecular flexibility index (Phi) is 8.40. The maximum absolute atomic E-state index is 7.17. The van der Waals surface area contributed by atoms with Crippen LogP contribution >= 0.6 is 0 Å². The Labute approximate surface area is 414 Å². The quantitative estimate of drug-likeness (QED) is 0.176. The molecule has 0 spiro atoms. The van der Waals surface area contributed by atoms with E-state index in [1.165, 1.54) is 92.9 Å². The molecule has 0 saturated heterocycles. The number of hydrogen-bond acceptors (Lipinski definition) is 2. The summed E-state index contributed by atoms with van der Waals surface area (Å²) >= 11 is 0. The Morgan fingerprint density at radius 1 is 0.366 bits per heavy atom. The van der Waals surface area contributed by atoms with Crippen LogP contribution in [0.5, 0.6) is 0 Å². The lowest BCUT2D eigenvalue weighted by molar-refractivity contribution is 0.590. The molecule has 71 heavy (non-hydrogen) atoms. The fourth-order valence-corrected chi connectivity index (χ4v) is 12.1. The minimum absolute atomic E-state index is 0.0289. The van der Waals surface area contributed by atoms with E-state index in [0.717, 1.165) is 55.7 Å². The number of aromatic nitrogens is 2. The molecule has 0 aliphatic rings. The van der Waals surface area contributed by atoms with E-state index in [0.29, 0.717) is 0 Å². The van der Waals surface area contributed by atoms with Crippen molar-refractivity contribution in [2.24, 2.45) is 0 Å². The summed E-state index contributed by atoms with van der Waals surface area (Å²) < 4.78 is 12.3. The third-order valence-electron chi connectivity index (χ3n) is 15.9. The van der Waals surface area contributed by atoms with Gasteiger partial charge in [0.15, 0.2) is 5.58 Å². The van der Waals surface area contributed by atoms with E-state index in [1.807, 2.05) is 0 Å². The SMILES string of the molecule is Cc1ccc2c(oc3c(-c4ccccc4)cccc32)c1N(c1ccccc1)c1ccc2c3cc(C(C)(C)C)cc4c5cc6c(cc5n(c2c1)c34)c1cc(C(C)(C)C)cc2c3cc(C(C)(C)C)ccc3n6c21. The van der Waals surface area contributed by atoms with Crippen molar-refractivity contribution in [3.05, 3.63) is 186 Å². The largest absolute Gasteiger partial charge is 0.453 e. The van der Waals surface area contributed by atoms with Crippen LogP contribution in [0.3, 0.4) is 0 Å². The molecule has 0 N–H and O–H groups in total. The van der Waals surface area contributed by atoms with Crippen molar-refractivity contribution in [2.75, 3.05) is 4.90 Å². The average Bonchev–Trinajstić information content (AvgIpc) is 4.15. The van der Waals surface area contributed by atoms with E-state index in [-0.39, 0.29) is 16.2 Å². The lowest BCUT2D eigenvalue weighted by atomic mass is 9.84. The van der Waals surface area contributed by atoms with Gasteiger partial charge in [-0.2, -0.15) is 0 Å². The summed E-state index contributed by atoms with van der Waals surface area (Å²) in [7, 11) is 0. The molecule has 0 amide bonds. The number of furan rings is 1. The number of benzene rings is 9. The van der Waals surface area contributed by atoms with Crippen molar-refractivity contribution in [2.45, 2.75) is 85.5 Å². The molecule has 0 aliphatic carbocycles. The fraction of sp³-hybridized carbons (Fsp3) is 0.194. The Morgan fingerprint density at radius 3 is 1.48 bits per heavy atom. The normalized spacial score (nSPS) is 13.2. The first-order valence-corrected chi connectivity index (χ1v) is 25.3. The van der Waals surface area contributed by atoms with Crippen LogP contribution in [0.2, 0.25) is 0 Å². The molecule has 0 bridgehead atoms. The Morgan fingerprint density at radius 2 is 0.873 bits per heavy atom. The van der Waals surface area contributed by atoms with Crippen LogP contribution in [0.25, 0.3) is 109 Å². The standard InChI is InChI=1S/C67H57N3O/c1-38-24-27-48-47-23-17-22-45(39-18-13-11-14-19-39)63(47)71-64(48)60(38)68(43-20-15-12-16-21-43)44-26-28-46-52-31-41(66(5,6)7)33-54-51-36-58-50(37-59(51)70(61(52)54)57(46)35-44)55-34-42(67(8,9)10)32-53-49-30-40(65(2,3)4)25-29-56(49)69(58)62(53)55/h11-37H,1-10H3. The van der Waals surface area contributed by atoms with Crippen LogP contribution in [0.1, 0.15) is 84.6 Å². The highest BCUT2D eigenvalue weighted by atomic mass is 16.3.